The van der Waals surface area contributed by atoms with Crippen molar-refractivity contribution in [2.45, 2.75) is 45.1 Å². The summed E-state index contributed by atoms with van der Waals surface area (Å²) in [4.78, 5) is 18.4. The predicted octanol–water partition coefficient (Wildman–Crippen LogP) is 3.64. The zero-order chi connectivity index (χ0) is 28.7. The van der Waals surface area contributed by atoms with Crippen molar-refractivity contribution in [3.63, 3.8) is 0 Å². The lowest BCUT2D eigenvalue weighted by molar-refractivity contribution is -0.134. The lowest BCUT2D eigenvalue weighted by atomic mass is 10.1. The van der Waals surface area contributed by atoms with Crippen LogP contribution >= 0.6 is 0 Å². The van der Waals surface area contributed by atoms with E-state index in [4.69, 9.17) is 15.9 Å². The number of carboxylic acid groups (broad SMARTS) is 1. The third kappa shape index (κ3) is 7.62. The number of nitrogens with one attached hydrogen (secondary N) is 1. The number of aliphatic carboxylic acids is 1. The molecule has 0 aliphatic carbocycles. The second kappa shape index (κ2) is 13.0. The quantitative estimate of drug-likeness (QED) is 0.293. The molecule has 11 heteroatoms. The number of piperidine rings is 1. The van der Waals surface area contributed by atoms with Gasteiger partial charge in [-0.15, -0.1) is 0 Å². The smallest absolute Gasteiger partial charge is 0.320 e. The number of hydrogen-bond donors (Lipinski definition) is 3. The Morgan fingerprint density at radius 2 is 2.00 bits per heavy atom. The minimum Gasteiger partial charge on any atom is -0.490 e. The van der Waals surface area contributed by atoms with Crippen molar-refractivity contribution in [1.29, 1.82) is 5.41 Å². The van der Waals surface area contributed by atoms with Crippen LogP contribution in [0.15, 0.2) is 53.5 Å². The number of aryl methyl sites for hydroxylation is 1. The van der Waals surface area contributed by atoms with Gasteiger partial charge in [0.05, 0.1) is 18.1 Å². The maximum absolute atomic E-state index is 13.0. The molecule has 2 aromatic carbocycles. The molecule has 1 saturated heterocycles. The Morgan fingerprint density at radius 3 is 2.65 bits per heavy atom. The first-order valence-electron chi connectivity index (χ1n) is 13.5. The second-order valence-corrected chi connectivity index (χ2v) is 12.0. The standard InChI is InChI=1S/C29H37N5O5S/c1-21-18-24(10-11-26(21)39-25-12-16-33(17-13-25)27-9-2-3-14-32-27)34(40(37,38)20-28(35)36)15-5-7-22-6-4-8-23(19-22)29(30)31/h4-8,10-11,18-19,25H,2-3,9,12-17,20H2,1H3,(H3,30,31)(H,35,36)/b7-5+. The second-order valence-electron chi connectivity index (χ2n) is 10.1. The topological polar surface area (TPSA) is 149 Å². The van der Waals surface area contributed by atoms with Crippen molar-refractivity contribution in [2.24, 2.45) is 10.7 Å². The molecule has 0 amide bonds. The molecule has 0 spiro atoms. The minimum absolute atomic E-state index is 0.0607. The van der Waals surface area contributed by atoms with Gasteiger partial charge in [0.2, 0.25) is 10.0 Å². The normalized spacial score (nSPS) is 16.5. The Bertz CT molecular complexity index is 1400. The Balaban J connectivity index is 1.46. The van der Waals surface area contributed by atoms with Crippen LogP contribution in [0.4, 0.5) is 5.69 Å². The number of aliphatic imine (C=N–C) groups is 1. The lowest BCUT2D eigenvalue weighted by Gasteiger charge is -2.35. The first-order chi connectivity index (χ1) is 19.1. The van der Waals surface area contributed by atoms with E-state index in [1.165, 1.54) is 18.7 Å². The number of anilines is 1. The fraction of sp³-hybridized carbons (Fsp3) is 0.414. The van der Waals surface area contributed by atoms with Crippen molar-refractivity contribution in [1.82, 2.24) is 4.90 Å². The molecule has 0 atom stereocenters. The van der Waals surface area contributed by atoms with E-state index >= 15 is 0 Å². The number of carboxylic acids is 1. The van der Waals surface area contributed by atoms with Gasteiger partial charge in [0, 0.05) is 44.5 Å². The highest BCUT2D eigenvalue weighted by Gasteiger charge is 2.27. The molecule has 4 rings (SSSR count). The molecule has 40 heavy (non-hydrogen) atoms. The van der Waals surface area contributed by atoms with Crippen molar-refractivity contribution >= 4 is 39.4 Å². The van der Waals surface area contributed by atoms with Gasteiger partial charge in [0.1, 0.15) is 17.7 Å². The van der Waals surface area contributed by atoms with E-state index < -0.39 is 21.7 Å². The van der Waals surface area contributed by atoms with E-state index in [9.17, 15) is 18.3 Å². The molecule has 0 saturated carbocycles. The molecule has 0 radical (unpaired) electrons. The molecule has 2 aliphatic heterocycles. The monoisotopic (exact) mass is 567 g/mol. The molecule has 1 fully saturated rings. The third-order valence-corrected chi connectivity index (χ3v) is 8.71. The molecular weight excluding hydrogens is 530 g/mol. The van der Waals surface area contributed by atoms with Crippen LogP contribution in [0, 0.1) is 12.3 Å². The van der Waals surface area contributed by atoms with Gasteiger partial charge in [0.25, 0.3) is 0 Å². The first-order valence-corrected chi connectivity index (χ1v) is 15.1. The van der Waals surface area contributed by atoms with Crippen LogP contribution in [-0.2, 0) is 14.8 Å². The Kier molecular flexibility index (Phi) is 9.46. The summed E-state index contributed by atoms with van der Waals surface area (Å²) in [6.07, 6.45) is 8.60. The number of amidine groups is 2. The van der Waals surface area contributed by atoms with Gasteiger partial charge in [-0.1, -0.05) is 30.4 Å². The number of rotatable bonds is 10. The molecule has 0 unspecified atom stereocenters. The molecule has 10 nitrogen and oxygen atoms in total. The van der Waals surface area contributed by atoms with Crippen molar-refractivity contribution < 1.29 is 23.1 Å². The summed E-state index contributed by atoms with van der Waals surface area (Å²) in [6.45, 7) is 4.52. The van der Waals surface area contributed by atoms with Gasteiger partial charge in [-0.05, 0) is 55.2 Å². The van der Waals surface area contributed by atoms with E-state index in [0.717, 1.165) is 54.3 Å². The molecule has 2 aliphatic rings. The highest BCUT2D eigenvalue weighted by molar-refractivity contribution is 7.93. The Morgan fingerprint density at radius 1 is 1.23 bits per heavy atom. The number of carbonyl (C=O) groups is 1. The van der Waals surface area contributed by atoms with Crippen LogP contribution in [-0.4, -0.2) is 74.1 Å². The Labute approximate surface area is 235 Å². The van der Waals surface area contributed by atoms with E-state index in [1.54, 1.807) is 48.6 Å². The van der Waals surface area contributed by atoms with Gasteiger partial charge < -0.3 is 20.5 Å². The summed E-state index contributed by atoms with van der Waals surface area (Å²) in [7, 11) is -4.15. The largest absolute Gasteiger partial charge is 0.490 e. The summed E-state index contributed by atoms with van der Waals surface area (Å²) < 4.78 is 33.4. The molecule has 4 N–H and O–H groups in total. The highest BCUT2D eigenvalue weighted by Crippen LogP contribution is 2.29. The summed E-state index contributed by atoms with van der Waals surface area (Å²) in [6, 6.07) is 12.1. The Hall–Kier alpha value is -3.86. The number of hydrogen-bond acceptors (Lipinski definition) is 7. The summed E-state index contributed by atoms with van der Waals surface area (Å²) in [5.74, 6) is -0.618. The number of sulfonamides is 1. The first kappa shape index (κ1) is 29.1. The van der Waals surface area contributed by atoms with Crippen LogP contribution in [0.1, 0.15) is 48.8 Å². The fourth-order valence-corrected chi connectivity index (χ4v) is 6.20. The zero-order valence-corrected chi connectivity index (χ0v) is 23.6. The van der Waals surface area contributed by atoms with Crippen molar-refractivity contribution in [3.8, 4) is 5.75 Å². The zero-order valence-electron chi connectivity index (χ0n) is 22.8. The molecule has 2 heterocycles. The number of nitrogens with zero attached hydrogens (tertiary/aromatic N) is 3. The maximum Gasteiger partial charge on any atom is 0.320 e. The number of nitrogens with two attached hydrogens (primary N) is 1. The molecule has 0 aromatic heterocycles. The molecular formula is C29H37N5O5S. The molecule has 2 aromatic rings. The average molecular weight is 568 g/mol. The van der Waals surface area contributed by atoms with Gasteiger partial charge in [-0.3, -0.25) is 19.5 Å². The van der Waals surface area contributed by atoms with Gasteiger partial charge in [-0.25, -0.2) is 8.42 Å². The van der Waals surface area contributed by atoms with E-state index in [2.05, 4.69) is 9.89 Å². The van der Waals surface area contributed by atoms with E-state index in [0.29, 0.717) is 17.0 Å². The minimum atomic E-state index is -4.15. The summed E-state index contributed by atoms with van der Waals surface area (Å²) in [5, 5.41) is 16.8. The van der Waals surface area contributed by atoms with Gasteiger partial charge in [0.15, 0.2) is 5.75 Å². The van der Waals surface area contributed by atoms with E-state index in [1.807, 2.05) is 13.0 Å². The van der Waals surface area contributed by atoms with Crippen LogP contribution in [0.3, 0.4) is 0 Å². The van der Waals surface area contributed by atoms with Gasteiger partial charge >= 0.3 is 5.97 Å². The van der Waals surface area contributed by atoms with Crippen LogP contribution < -0.4 is 14.8 Å². The average Bonchev–Trinajstić information content (AvgIpc) is 2.92. The number of nitrogen functional groups attached to an aromatic ring is 1. The lowest BCUT2D eigenvalue weighted by Crippen LogP contribution is -2.42. The van der Waals surface area contributed by atoms with Crippen molar-refractivity contribution in [3.05, 3.63) is 65.2 Å². The highest BCUT2D eigenvalue weighted by atomic mass is 32.2. The third-order valence-electron chi connectivity index (χ3n) is 7.07. The van der Waals surface area contributed by atoms with Crippen LogP contribution in [0.5, 0.6) is 5.75 Å². The number of benzene rings is 2. The van der Waals surface area contributed by atoms with E-state index in [-0.39, 0.29) is 18.5 Å². The number of likely N-dealkylation sites (tertiary alicyclic amines) is 1. The maximum atomic E-state index is 13.0. The van der Waals surface area contributed by atoms with Crippen molar-refractivity contribution in [2.75, 3.05) is 36.2 Å². The number of ether oxygens (including phenoxy) is 1. The predicted molar refractivity (Wildman–Crippen MR) is 158 cm³/mol. The molecule has 0 bridgehead atoms. The van der Waals surface area contributed by atoms with Gasteiger partial charge in [-0.2, -0.15) is 0 Å². The molecule has 214 valence electrons. The van der Waals surface area contributed by atoms with Crippen LogP contribution in [0.2, 0.25) is 0 Å². The fourth-order valence-electron chi connectivity index (χ4n) is 4.98. The summed E-state index contributed by atoms with van der Waals surface area (Å²) in [5.41, 5.74) is 7.98. The van der Waals surface area contributed by atoms with Crippen LogP contribution in [0.25, 0.3) is 6.08 Å². The summed E-state index contributed by atoms with van der Waals surface area (Å²) >= 11 is 0. The SMILES string of the molecule is Cc1cc(N(C/C=C/c2cccc(C(=N)N)c2)S(=O)(=O)CC(=O)O)ccc1OC1CCN(C2=NCCCC2)CC1.